The van der Waals surface area contributed by atoms with E-state index in [4.69, 9.17) is 16.3 Å². The molecule has 1 aromatic rings. The Hall–Kier alpha value is -0.410. The van der Waals surface area contributed by atoms with E-state index in [0.29, 0.717) is 11.6 Å². The number of benzene rings is 1. The fraction of sp³-hybridized carbons (Fsp3) is 0.400. The van der Waals surface area contributed by atoms with Crippen LogP contribution in [0, 0.1) is 0 Å². The molecule has 2 nitrogen and oxygen atoms in total. The summed E-state index contributed by atoms with van der Waals surface area (Å²) < 4.78 is 5.34. The van der Waals surface area contributed by atoms with E-state index in [-0.39, 0.29) is 0 Å². The summed E-state index contributed by atoms with van der Waals surface area (Å²) in [6, 6.07) is 5.77. The van der Waals surface area contributed by atoms with Crippen molar-refractivity contribution in [3.63, 3.8) is 0 Å². The zero-order chi connectivity index (χ0) is 10.6. The van der Waals surface area contributed by atoms with Gasteiger partial charge in [-0.2, -0.15) is 0 Å². The van der Waals surface area contributed by atoms with Gasteiger partial charge in [-0.1, -0.05) is 27.5 Å². The molecule has 0 aliphatic heterocycles. The standard InChI is InChI=1S/C10H13BrClNO/c1-3-14-10-5-4-8(6-9(10)12)13(2)7-11/h4-6H,3,7H2,1-2H3. The average molecular weight is 279 g/mol. The van der Waals surface area contributed by atoms with Gasteiger partial charge in [-0.15, -0.1) is 0 Å². The Morgan fingerprint density at radius 1 is 1.50 bits per heavy atom. The van der Waals surface area contributed by atoms with Crippen LogP contribution in [-0.4, -0.2) is 19.1 Å². The summed E-state index contributed by atoms with van der Waals surface area (Å²) >= 11 is 9.42. The molecule has 0 fully saturated rings. The van der Waals surface area contributed by atoms with Crippen LogP contribution in [0.2, 0.25) is 5.02 Å². The number of halogens is 2. The summed E-state index contributed by atoms with van der Waals surface area (Å²) in [5, 5.41) is 0.650. The Morgan fingerprint density at radius 2 is 2.21 bits per heavy atom. The Labute approximate surface area is 97.9 Å². The van der Waals surface area contributed by atoms with Gasteiger partial charge in [0.05, 0.1) is 17.1 Å². The number of alkyl halides is 1. The zero-order valence-corrected chi connectivity index (χ0v) is 10.6. The van der Waals surface area contributed by atoms with Crippen LogP contribution in [0.1, 0.15) is 6.92 Å². The predicted molar refractivity (Wildman–Crippen MR) is 64.8 cm³/mol. The van der Waals surface area contributed by atoms with Crippen LogP contribution in [0.5, 0.6) is 5.75 Å². The summed E-state index contributed by atoms with van der Waals surface area (Å²) in [7, 11) is 1.99. The first-order valence-electron chi connectivity index (χ1n) is 4.38. The highest BCUT2D eigenvalue weighted by Crippen LogP contribution is 2.29. The lowest BCUT2D eigenvalue weighted by molar-refractivity contribution is 0.340. The van der Waals surface area contributed by atoms with Gasteiger partial charge in [0.2, 0.25) is 0 Å². The maximum atomic E-state index is 6.04. The number of anilines is 1. The normalized spacial score (nSPS) is 10.0. The van der Waals surface area contributed by atoms with E-state index in [9.17, 15) is 0 Å². The van der Waals surface area contributed by atoms with Crippen molar-refractivity contribution >= 4 is 33.2 Å². The van der Waals surface area contributed by atoms with Crippen LogP contribution < -0.4 is 9.64 Å². The largest absolute Gasteiger partial charge is 0.492 e. The molecule has 0 unspecified atom stereocenters. The number of ether oxygens (including phenoxy) is 1. The van der Waals surface area contributed by atoms with E-state index < -0.39 is 0 Å². The quantitative estimate of drug-likeness (QED) is 0.617. The highest BCUT2D eigenvalue weighted by atomic mass is 79.9. The summed E-state index contributed by atoms with van der Waals surface area (Å²) in [5.74, 6) is 0.737. The summed E-state index contributed by atoms with van der Waals surface area (Å²) in [6.45, 7) is 2.57. The first-order chi connectivity index (χ1) is 6.69. The van der Waals surface area contributed by atoms with Gasteiger partial charge < -0.3 is 9.64 Å². The van der Waals surface area contributed by atoms with E-state index in [0.717, 1.165) is 16.9 Å². The highest BCUT2D eigenvalue weighted by Gasteiger charge is 2.04. The van der Waals surface area contributed by atoms with E-state index in [1.807, 2.05) is 37.1 Å². The lowest BCUT2D eigenvalue weighted by Crippen LogP contribution is -2.13. The molecule has 0 bridgehead atoms. The van der Waals surface area contributed by atoms with Crippen molar-refractivity contribution in [1.82, 2.24) is 0 Å². The first kappa shape index (κ1) is 11.7. The fourth-order valence-electron chi connectivity index (χ4n) is 1.07. The molecule has 4 heteroatoms. The van der Waals surface area contributed by atoms with Gasteiger partial charge in [-0.3, -0.25) is 0 Å². The fourth-order valence-corrected chi connectivity index (χ4v) is 1.59. The number of hydrogen-bond acceptors (Lipinski definition) is 2. The summed E-state index contributed by atoms with van der Waals surface area (Å²) in [5.41, 5.74) is 1.84. The lowest BCUT2D eigenvalue weighted by Gasteiger charge is -2.16. The minimum Gasteiger partial charge on any atom is -0.492 e. The topological polar surface area (TPSA) is 12.5 Å². The molecule has 0 aromatic heterocycles. The van der Waals surface area contributed by atoms with E-state index in [1.54, 1.807) is 0 Å². The molecule has 0 saturated heterocycles. The van der Waals surface area contributed by atoms with E-state index in [2.05, 4.69) is 15.9 Å². The maximum absolute atomic E-state index is 6.04. The third-order valence-corrected chi connectivity index (χ3v) is 2.88. The summed E-state index contributed by atoms with van der Waals surface area (Å²) in [6.07, 6.45) is 0. The number of nitrogens with zero attached hydrogens (tertiary/aromatic N) is 1. The first-order valence-corrected chi connectivity index (χ1v) is 5.88. The number of rotatable bonds is 4. The molecule has 0 aliphatic carbocycles. The molecular formula is C10H13BrClNO. The van der Waals surface area contributed by atoms with Gasteiger partial charge in [0.1, 0.15) is 5.75 Å². The highest BCUT2D eigenvalue weighted by molar-refractivity contribution is 9.09. The molecule has 0 amide bonds. The van der Waals surface area contributed by atoms with E-state index in [1.165, 1.54) is 0 Å². The molecule has 1 aromatic carbocycles. The van der Waals surface area contributed by atoms with Crippen molar-refractivity contribution in [2.45, 2.75) is 6.92 Å². The van der Waals surface area contributed by atoms with Crippen LogP contribution in [0.3, 0.4) is 0 Å². The van der Waals surface area contributed by atoms with Crippen LogP contribution in [0.15, 0.2) is 18.2 Å². The Kier molecular flexibility index (Phi) is 4.55. The molecule has 0 radical (unpaired) electrons. The predicted octanol–water partition coefficient (Wildman–Crippen LogP) is 3.53. The Bertz CT molecular complexity index is 306. The molecular weight excluding hydrogens is 265 g/mol. The molecule has 0 aliphatic rings. The van der Waals surface area contributed by atoms with Gasteiger partial charge in [0.25, 0.3) is 0 Å². The van der Waals surface area contributed by atoms with Crippen LogP contribution >= 0.6 is 27.5 Å². The third kappa shape index (κ3) is 2.79. The zero-order valence-electron chi connectivity index (χ0n) is 8.26. The molecule has 78 valence electrons. The van der Waals surface area contributed by atoms with Gasteiger partial charge in [0.15, 0.2) is 0 Å². The monoisotopic (exact) mass is 277 g/mol. The molecule has 1 rings (SSSR count). The van der Waals surface area contributed by atoms with Crippen molar-refractivity contribution in [1.29, 1.82) is 0 Å². The third-order valence-electron chi connectivity index (χ3n) is 1.84. The van der Waals surface area contributed by atoms with Crippen LogP contribution in [-0.2, 0) is 0 Å². The smallest absolute Gasteiger partial charge is 0.138 e. The minimum absolute atomic E-state index is 0.632. The summed E-state index contributed by atoms with van der Waals surface area (Å²) in [4.78, 5) is 2.04. The van der Waals surface area contributed by atoms with Crippen molar-refractivity contribution in [3.8, 4) is 5.75 Å². The van der Waals surface area contributed by atoms with Crippen molar-refractivity contribution in [2.75, 3.05) is 24.0 Å². The lowest BCUT2D eigenvalue weighted by atomic mass is 10.3. The molecule has 0 atom stereocenters. The minimum atomic E-state index is 0.632. The Balaban J connectivity index is 2.88. The molecule has 0 N–H and O–H groups in total. The van der Waals surface area contributed by atoms with Crippen molar-refractivity contribution < 1.29 is 4.74 Å². The van der Waals surface area contributed by atoms with E-state index >= 15 is 0 Å². The van der Waals surface area contributed by atoms with Gasteiger partial charge in [-0.25, -0.2) is 0 Å². The van der Waals surface area contributed by atoms with Gasteiger partial charge >= 0.3 is 0 Å². The second-order valence-electron chi connectivity index (χ2n) is 2.87. The van der Waals surface area contributed by atoms with Crippen molar-refractivity contribution in [3.05, 3.63) is 23.2 Å². The van der Waals surface area contributed by atoms with Crippen molar-refractivity contribution in [2.24, 2.45) is 0 Å². The SMILES string of the molecule is CCOc1ccc(N(C)CBr)cc1Cl. The second kappa shape index (κ2) is 5.47. The average Bonchev–Trinajstić information content (AvgIpc) is 2.20. The molecule has 0 spiro atoms. The van der Waals surface area contributed by atoms with Gasteiger partial charge in [-0.05, 0) is 25.1 Å². The molecule has 0 saturated carbocycles. The molecule has 14 heavy (non-hydrogen) atoms. The number of hydrogen-bond donors (Lipinski definition) is 0. The Morgan fingerprint density at radius 3 is 2.71 bits per heavy atom. The van der Waals surface area contributed by atoms with Gasteiger partial charge in [0, 0.05) is 12.7 Å². The van der Waals surface area contributed by atoms with Crippen LogP contribution in [0.25, 0.3) is 0 Å². The maximum Gasteiger partial charge on any atom is 0.138 e. The molecule has 0 heterocycles. The van der Waals surface area contributed by atoms with Crippen LogP contribution in [0.4, 0.5) is 5.69 Å². The second-order valence-corrected chi connectivity index (χ2v) is 3.77.